The highest BCUT2D eigenvalue weighted by atomic mass is 16.5. The third-order valence-corrected chi connectivity index (χ3v) is 3.91. The van der Waals surface area contributed by atoms with E-state index >= 15 is 0 Å². The molecule has 1 amide bonds. The molecule has 1 aliphatic rings. The molecular weight excluding hydrogens is 250 g/mol. The van der Waals surface area contributed by atoms with Gasteiger partial charge in [0, 0.05) is 13.1 Å². The van der Waals surface area contributed by atoms with Gasteiger partial charge in [0.25, 0.3) is 5.91 Å². The number of piperidine rings is 1. The summed E-state index contributed by atoms with van der Waals surface area (Å²) in [4.78, 5) is 14.5. The quantitative estimate of drug-likeness (QED) is 0.842. The fourth-order valence-electron chi connectivity index (χ4n) is 2.71. The Balaban J connectivity index is 2.05. The van der Waals surface area contributed by atoms with E-state index in [9.17, 15) is 4.79 Å². The van der Waals surface area contributed by atoms with Gasteiger partial charge in [0.2, 0.25) is 0 Å². The fraction of sp³-hybridized carbons (Fsp3) is 0.588. The molecule has 1 aromatic carbocycles. The van der Waals surface area contributed by atoms with Gasteiger partial charge in [-0.1, -0.05) is 24.6 Å². The van der Waals surface area contributed by atoms with Gasteiger partial charge in [-0.2, -0.15) is 0 Å². The predicted molar refractivity (Wildman–Crippen MR) is 81.1 cm³/mol. The van der Waals surface area contributed by atoms with Gasteiger partial charge in [-0.05, 0) is 51.2 Å². The molecule has 110 valence electrons. The second kappa shape index (κ2) is 6.78. The smallest absolute Gasteiger partial charge is 0.263 e. The van der Waals surface area contributed by atoms with Crippen LogP contribution in [-0.2, 0) is 4.79 Å². The summed E-state index contributed by atoms with van der Waals surface area (Å²) in [6.45, 7) is 7.86. The van der Waals surface area contributed by atoms with E-state index in [1.165, 1.54) is 12.0 Å². The van der Waals surface area contributed by atoms with Crippen molar-refractivity contribution < 1.29 is 9.53 Å². The Morgan fingerprint density at radius 2 is 1.95 bits per heavy atom. The topological polar surface area (TPSA) is 29.5 Å². The Kier molecular flexibility index (Phi) is 5.05. The standard InChI is InChI=1S/C17H25NO2/c1-4-15(17(19)18-10-6-5-7-11-18)20-16-9-8-13(2)12-14(16)3/h8-9,12,15H,4-7,10-11H2,1-3H3. The molecule has 0 saturated carbocycles. The van der Waals surface area contributed by atoms with E-state index in [0.29, 0.717) is 6.42 Å². The highest BCUT2D eigenvalue weighted by Crippen LogP contribution is 2.22. The zero-order valence-corrected chi connectivity index (χ0v) is 12.8. The molecule has 1 aromatic rings. The fourth-order valence-corrected chi connectivity index (χ4v) is 2.71. The molecule has 1 saturated heterocycles. The molecule has 2 rings (SSSR count). The maximum atomic E-state index is 12.5. The largest absolute Gasteiger partial charge is 0.480 e. The van der Waals surface area contributed by atoms with Crippen LogP contribution in [0.3, 0.4) is 0 Å². The maximum absolute atomic E-state index is 12.5. The van der Waals surface area contributed by atoms with E-state index < -0.39 is 0 Å². The lowest BCUT2D eigenvalue weighted by atomic mass is 10.1. The van der Waals surface area contributed by atoms with Crippen molar-refractivity contribution in [1.29, 1.82) is 0 Å². The number of rotatable bonds is 4. The molecule has 20 heavy (non-hydrogen) atoms. The van der Waals surface area contributed by atoms with Crippen LogP contribution in [0.2, 0.25) is 0 Å². The molecule has 0 aromatic heterocycles. The number of carbonyl (C=O) groups excluding carboxylic acids is 1. The van der Waals surface area contributed by atoms with Crippen LogP contribution in [0.25, 0.3) is 0 Å². The van der Waals surface area contributed by atoms with Gasteiger partial charge < -0.3 is 9.64 Å². The number of aryl methyl sites for hydroxylation is 2. The molecule has 1 heterocycles. The molecule has 0 spiro atoms. The van der Waals surface area contributed by atoms with Crippen molar-refractivity contribution in [3.8, 4) is 5.75 Å². The minimum Gasteiger partial charge on any atom is -0.480 e. The summed E-state index contributed by atoms with van der Waals surface area (Å²) in [5.74, 6) is 0.972. The van der Waals surface area contributed by atoms with Crippen LogP contribution in [0.4, 0.5) is 0 Å². The van der Waals surface area contributed by atoms with Crippen LogP contribution < -0.4 is 4.74 Å². The van der Waals surface area contributed by atoms with E-state index in [1.807, 2.05) is 30.9 Å². The van der Waals surface area contributed by atoms with Crippen molar-refractivity contribution in [2.45, 2.75) is 52.6 Å². The predicted octanol–water partition coefficient (Wildman–Crippen LogP) is 3.47. The lowest BCUT2D eigenvalue weighted by Gasteiger charge is -2.30. The maximum Gasteiger partial charge on any atom is 0.263 e. The first kappa shape index (κ1) is 14.9. The number of ether oxygens (including phenoxy) is 1. The average molecular weight is 275 g/mol. The Morgan fingerprint density at radius 3 is 2.55 bits per heavy atom. The van der Waals surface area contributed by atoms with Crippen molar-refractivity contribution in [2.24, 2.45) is 0 Å². The van der Waals surface area contributed by atoms with Crippen LogP contribution in [0.1, 0.15) is 43.7 Å². The molecule has 3 heteroatoms. The first-order valence-corrected chi connectivity index (χ1v) is 7.64. The van der Waals surface area contributed by atoms with E-state index in [4.69, 9.17) is 4.74 Å². The summed E-state index contributed by atoms with van der Waals surface area (Å²) in [5.41, 5.74) is 2.31. The van der Waals surface area contributed by atoms with Gasteiger partial charge in [-0.15, -0.1) is 0 Å². The summed E-state index contributed by atoms with van der Waals surface area (Å²) in [7, 11) is 0. The van der Waals surface area contributed by atoms with Crippen molar-refractivity contribution in [3.05, 3.63) is 29.3 Å². The lowest BCUT2D eigenvalue weighted by Crippen LogP contribution is -2.44. The number of likely N-dealkylation sites (tertiary alicyclic amines) is 1. The van der Waals surface area contributed by atoms with E-state index in [2.05, 4.69) is 13.0 Å². The minimum absolute atomic E-state index is 0.146. The minimum atomic E-state index is -0.352. The van der Waals surface area contributed by atoms with E-state index in [0.717, 1.165) is 37.2 Å². The van der Waals surface area contributed by atoms with Gasteiger partial charge in [0.1, 0.15) is 5.75 Å². The number of hydrogen-bond acceptors (Lipinski definition) is 2. The van der Waals surface area contributed by atoms with Crippen molar-refractivity contribution in [1.82, 2.24) is 4.90 Å². The second-order valence-corrected chi connectivity index (χ2v) is 5.67. The number of nitrogens with zero attached hydrogens (tertiary/aromatic N) is 1. The molecule has 0 N–H and O–H groups in total. The summed E-state index contributed by atoms with van der Waals surface area (Å²) in [6, 6.07) is 6.09. The SMILES string of the molecule is CCC(Oc1ccc(C)cc1C)C(=O)N1CCCCC1. The van der Waals surface area contributed by atoms with Crippen LogP contribution in [-0.4, -0.2) is 30.0 Å². The van der Waals surface area contributed by atoms with Gasteiger partial charge in [-0.3, -0.25) is 4.79 Å². The second-order valence-electron chi connectivity index (χ2n) is 5.67. The third kappa shape index (κ3) is 3.53. The molecular formula is C17H25NO2. The molecule has 1 aliphatic heterocycles. The van der Waals surface area contributed by atoms with E-state index in [1.54, 1.807) is 0 Å². The van der Waals surface area contributed by atoms with Gasteiger partial charge >= 0.3 is 0 Å². The monoisotopic (exact) mass is 275 g/mol. The average Bonchev–Trinajstić information content (AvgIpc) is 2.47. The molecule has 1 unspecified atom stereocenters. The molecule has 0 aliphatic carbocycles. The molecule has 0 radical (unpaired) electrons. The van der Waals surface area contributed by atoms with Crippen molar-refractivity contribution >= 4 is 5.91 Å². The van der Waals surface area contributed by atoms with Crippen LogP contribution in [0.5, 0.6) is 5.75 Å². The Labute approximate surface area is 121 Å². The summed E-state index contributed by atoms with van der Waals surface area (Å²) >= 11 is 0. The van der Waals surface area contributed by atoms with Gasteiger partial charge in [0.05, 0.1) is 0 Å². The molecule has 0 bridgehead atoms. The van der Waals surface area contributed by atoms with Crippen LogP contribution >= 0.6 is 0 Å². The van der Waals surface area contributed by atoms with Gasteiger partial charge in [-0.25, -0.2) is 0 Å². The molecule has 3 nitrogen and oxygen atoms in total. The Bertz CT molecular complexity index is 464. The highest BCUT2D eigenvalue weighted by molar-refractivity contribution is 5.81. The summed E-state index contributed by atoms with van der Waals surface area (Å²) < 4.78 is 5.97. The number of carbonyl (C=O) groups is 1. The number of amides is 1. The third-order valence-electron chi connectivity index (χ3n) is 3.91. The van der Waals surface area contributed by atoms with Crippen LogP contribution in [0.15, 0.2) is 18.2 Å². The van der Waals surface area contributed by atoms with Crippen molar-refractivity contribution in [2.75, 3.05) is 13.1 Å². The zero-order chi connectivity index (χ0) is 14.5. The number of benzene rings is 1. The van der Waals surface area contributed by atoms with Gasteiger partial charge in [0.15, 0.2) is 6.10 Å². The van der Waals surface area contributed by atoms with Crippen molar-refractivity contribution in [3.63, 3.8) is 0 Å². The number of hydrogen-bond donors (Lipinski definition) is 0. The first-order valence-electron chi connectivity index (χ1n) is 7.64. The summed E-state index contributed by atoms with van der Waals surface area (Å²) in [5, 5.41) is 0. The molecule has 1 atom stereocenters. The first-order chi connectivity index (χ1) is 9.61. The lowest BCUT2D eigenvalue weighted by molar-refractivity contribution is -0.139. The molecule has 1 fully saturated rings. The highest BCUT2D eigenvalue weighted by Gasteiger charge is 2.26. The zero-order valence-electron chi connectivity index (χ0n) is 12.8. The normalized spacial score (nSPS) is 16.9. The van der Waals surface area contributed by atoms with E-state index in [-0.39, 0.29) is 12.0 Å². The Hall–Kier alpha value is -1.51. The summed E-state index contributed by atoms with van der Waals surface area (Å²) in [6.07, 6.45) is 3.83. The van der Waals surface area contributed by atoms with Crippen LogP contribution in [0, 0.1) is 13.8 Å². The Morgan fingerprint density at radius 1 is 1.25 bits per heavy atom.